The van der Waals surface area contributed by atoms with Crippen LogP contribution in [0.3, 0.4) is 0 Å². The van der Waals surface area contributed by atoms with Crippen molar-refractivity contribution >= 4 is 21.7 Å². The third-order valence-corrected chi connectivity index (χ3v) is 5.48. The standard InChI is InChI=1S/C21H19NO5S/c1-26-20-12-11-16(15-7-4-3-5-8-15)14-19(20)22-28(24,25)18-10-6-9-17(13-18)21(23)27-2/h3-14,22H,1-2H3. The minimum absolute atomic E-state index is 0.0532. The van der Waals surface area contributed by atoms with E-state index in [0.717, 1.165) is 11.1 Å². The van der Waals surface area contributed by atoms with Crippen LogP contribution in [0.25, 0.3) is 11.1 Å². The Labute approximate surface area is 163 Å². The molecule has 0 aliphatic rings. The summed E-state index contributed by atoms with van der Waals surface area (Å²) in [6.45, 7) is 0. The molecule has 0 unspecified atom stereocenters. The van der Waals surface area contributed by atoms with Crippen LogP contribution in [-0.4, -0.2) is 28.6 Å². The molecule has 0 aliphatic heterocycles. The van der Waals surface area contributed by atoms with Gasteiger partial charge in [-0.2, -0.15) is 0 Å². The van der Waals surface area contributed by atoms with Gasteiger partial charge in [0.2, 0.25) is 0 Å². The van der Waals surface area contributed by atoms with Gasteiger partial charge in [-0.3, -0.25) is 4.72 Å². The van der Waals surface area contributed by atoms with Crippen LogP contribution in [0.4, 0.5) is 5.69 Å². The second kappa shape index (κ2) is 8.14. The summed E-state index contributed by atoms with van der Waals surface area (Å²) in [5.41, 5.74) is 2.23. The van der Waals surface area contributed by atoms with E-state index < -0.39 is 16.0 Å². The van der Waals surface area contributed by atoms with Crippen LogP contribution in [0, 0.1) is 0 Å². The molecule has 0 bridgehead atoms. The summed E-state index contributed by atoms with van der Waals surface area (Å²) in [6, 6.07) is 20.5. The molecule has 28 heavy (non-hydrogen) atoms. The molecule has 7 heteroatoms. The molecule has 0 saturated heterocycles. The van der Waals surface area contributed by atoms with Gasteiger partial charge in [0.15, 0.2) is 0 Å². The zero-order valence-electron chi connectivity index (χ0n) is 15.4. The van der Waals surface area contributed by atoms with Gasteiger partial charge in [-0.1, -0.05) is 42.5 Å². The van der Waals surface area contributed by atoms with E-state index in [0.29, 0.717) is 11.4 Å². The Bertz CT molecular complexity index is 1090. The van der Waals surface area contributed by atoms with Gasteiger partial charge in [0.25, 0.3) is 10.0 Å². The Hall–Kier alpha value is -3.32. The maximum Gasteiger partial charge on any atom is 0.337 e. The predicted molar refractivity (Wildman–Crippen MR) is 107 cm³/mol. The van der Waals surface area contributed by atoms with Crippen LogP contribution >= 0.6 is 0 Å². The van der Waals surface area contributed by atoms with E-state index in [-0.39, 0.29) is 10.5 Å². The van der Waals surface area contributed by atoms with Gasteiger partial charge in [-0.05, 0) is 41.5 Å². The summed E-state index contributed by atoms with van der Waals surface area (Å²) in [6.07, 6.45) is 0. The lowest BCUT2D eigenvalue weighted by molar-refractivity contribution is 0.0600. The Morgan fingerprint density at radius 3 is 2.29 bits per heavy atom. The lowest BCUT2D eigenvalue weighted by atomic mass is 10.1. The number of anilines is 1. The fraction of sp³-hybridized carbons (Fsp3) is 0.0952. The van der Waals surface area contributed by atoms with E-state index in [1.165, 1.54) is 38.5 Å². The van der Waals surface area contributed by atoms with Gasteiger partial charge in [0, 0.05) is 0 Å². The van der Waals surface area contributed by atoms with Gasteiger partial charge in [0.05, 0.1) is 30.4 Å². The molecular formula is C21H19NO5S. The number of nitrogens with one attached hydrogen (secondary N) is 1. The maximum atomic E-state index is 12.9. The molecule has 0 atom stereocenters. The van der Waals surface area contributed by atoms with Crippen LogP contribution < -0.4 is 9.46 Å². The highest BCUT2D eigenvalue weighted by molar-refractivity contribution is 7.92. The molecule has 144 valence electrons. The molecule has 0 amide bonds. The highest BCUT2D eigenvalue weighted by atomic mass is 32.2. The Kier molecular flexibility index (Phi) is 5.65. The first-order valence-electron chi connectivity index (χ1n) is 8.39. The molecule has 0 heterocycles. The zero-order chi connectivity index (χ0) is 20.1. The molecule has 0 radical (unpaired) electrons. The molecule has 0 aliphatic carbocycles. The third kappa shape index (κ3) is 4.15. The van der Waals surface area contributed by atoms with Gasteiger partial charge in [-0.25, -0.2) is 13.2 Å². The van der Waals surface area contributed by atoms with Crippen molar-refractivity contribution in [2.75, 3.05) is 18.9 Å². The third-order valence-electron chi connectivity index (χ3n) is 4.12. The van der Waals surface area contributed by atoms with Gasteiger partial charge in [-0.15, -0.1) is 0 Å². The van der Waals surface area contributed by atoms with E-state index in [1.54, 1.807) is 12.1 Å². The Morgan fingerprint density at radius 1 is 0.857 bits per heavy atom. The summed E-state index contributed by atoms with van der Waals surface area (Å²) in [4.78, 5) is 11.6. The highest BCUT2D eigenvalue weighted by Crippen LogP contribution is 2.32. The minimum Gasteiger partial charge on any atom is -0.495 e. The second-order valence-corrected chi connectivity index (χ2v) is 7.59. The largest absolute Gasteiger partial charge is 0.495 e. The maximum absolute atomic E-state index is 12.9. The Morgan fingerprint density at radius 2 is 1.61 bits per heavy atom. The number of hydrogen-bond donors (Lipinski definition) is 1. The SMILES string of the molecule is COC(=O)c1cccc(S(=O)(=O)Nc2cc(-c3ccccc3)ccc2OC)c1. The number of methoxy groups -OCH3 is 2. The van der Waals surface area contributed by atoms with Crippen molar-refractivity contribution < 1.29 is 22.7 Å². The van der Waals surface area contributed by atoms with Crippen molar-refractivity contribution in [1.29, 1.82) is 0 Å². The summed E-state index contributed by atoms with van der Waals surface area (Å²) < 4.78 is 38.2. The number of hydrogen-bond acceptors (Lipinski definition) is 5. The number of ether oxygens (including phenoxy) is 2. The molecule has 3 rings (SSSR count). The summed E-state index contributed by atoms with van der Waals surface area (Å²) in [7, 11) is -1.24. The number of sulfonamides is 1. The quantitative estimate of drug-likeness (QED) is 0.637. The van der Waals surface area contributed by atoms with Crippen molar-refractivity contribution in [2.24, 2.45) is 0 Å². The zero-order valence-corrected chi connectivity index (χ0v) is 16.2. The fourth-order valence-corrected chi connectivity index (χ4v) is 3.82. The van der Waals surface area contributed by atoms with E-state index in [2.05, 4.69) is 9.46 Å². The number of carbonyl (C=O) groups excluding carboxylic acids is 1. The highest BCUT2D eigenvalue weighted by Gasteiger charge is 2.19. The van der Waals surface area contributed by atoms with E-state index in [4.69, 9.17) is 4.74 Å². The van der Waals surface area contributed by atoms with E-state index in [1.807, 2.05) is 36.4 Å². The number of benzene rings is 3. The lowest BCUT2D eigenvalue weighted by Crippen LogP contribution is -2.14. The van der Waals surface area contributed by atoms with Crippen LogP contribution in [-0.2, 0) is 14.8 Å². The Balaban J connectivity index is 1.99. The molecular weight excluding hydrogens is 378 g/mol. The van der Waals surface area contributed by atoms with Gasteiger partial charge in [0.1, 0.15) is 5.75 Å². The van der Waals surface area contributed by atoms with Crippen LogP contribution in [0.15, 0.2) is 77.7 Å². The monoisotopic (exact) mass is 397 g/mol. The van der Waals surface area contributed by atoms with Gasteiger partial charge < -0.3 is 9.47 Å². The van der Waals surface area contributed by atoms with Gasteiger partial charge >= 0.3 is 5.97 Å². The van der Waals surface area contributed by atoms with Crippen molar-refractivity contribution in [3.05, 3.63) is 78.4 Å². The van der Waals surface area contributed by atoms with Crippen LogP contribution in [0.5, 0.6) is 5.75 Å². The lowest BCUT2D eigenvalue weighted by Gasteiger charge is -2.14. The second-order valence-electron chi connectivity index (χ2n) is 5.91. The van der Waals surface area contributed by atoms with E-state index in [9.17, 15) is 13.2 Å². The number of esters is 1. The molecule has 0 aromatic heterocycles. The molecule has 6 nitrogen and oxygen atoms in total. The summed E-state index contributed by atoms with van der Waals surface area (Å²) >= 11 is 0. The number of rotatable bonds is 6. The fourth-order valence-electron chi connectivity index (χ4n) is 2.71. The normalized spacial score (nSPS) is 10.9. The van der Waals surface area contributed by atoms with Crippen LogP contribution in [0.2, 0.25) is 0 Å². The first kappa shape index (κ1) is 19.4. The molecule has 0 saturated carbocycles. The minimum atomic E-state index is -3.95. The average molecular weight is 397 g/mol. The molecule has 0 fully saturated rings. The first-order valence-corrected chi connectivity index (χ1v) is 9.87. The van der Waals surface area contributed by atoms with Crippen molar-refractivity contribution in [3.8, 4) is 16.9 Å². The topological polar surface area (TPSA) is 81.7 Å². The summed E-state index contributed by atoms with van der Waals surface area (Å²) in [5.74, 6) is -0.229. The van der Waals surface area contributed by atoms with Crippen molar-refractivity contribution in [3.63, 3.8) is 0 Å². The summed E-state index contributed by atoms with van der Waals surface area (Å²) in [5, 5.41) is 0. The van der Waals surface area contributed by atoms with Crippen molar-refractivity contribution in [1.82, 2.24) is 0 Å². The molecule has 3 aromatic carbocycles. The van der Waals surface area contributed by atoms with Crippen LogP contribution in [0.1, 0.15) is 10.4 Å². The predicted octanol–water partition coefficient (Wildman–Crippen LogP) is 3.95. The smallest absolute Gasteiger partial charge is 0.337 e. The van der Waals surface area contributed by atoms with E-state index >= 15 is 0 Å². The average Bonchev–Trinajstić information content (AvgIpc) is 2.73. The van der Waals surface area contributed by atoms with Crippen molar-refractivity contribution in [2.45, 2.75) is 4.90 Å². The molecule has 0 spiro atoms. The molecule has 3 aromatic rings. The first-order chi connectivity index (χ1) is 13.4. The molecule has 1 N–H and O–H groups in total. The number of carbonyl (C=O) groups is 1.